The van der Waals surface area contributed by atoms with Gasteiger partial charge >= 0.3 is 12.0 Å². The van der Waals surface area contributed by atoms with Crippen LogP contribution in [0, 0.1) is 12.8 Å². The Balaban J connectivity index is 1.88. The number of aryl methyl sites for hydroxylation is 1. The van der Waals surface area contributed by atoms with Crippen LogP contribution in [-0.2, 0) is 4.79 Å². The Morgan fingerprint density at radius 3 is 2.70 bits per heavy atom. The van der Waals surface area contributed by atoms with Crippen LogP contribution < -0.4 is 10.6 Å². The number of carboxylic acid groups (broad SMARTS) is 1. The number of carbonyl (C=O) groups is 2. The fourth-order valence-corrected chi connectivity index (χ4v) is 2.68. The molecule has 20 heavy (non-hydrogen) atoms. The van der Waals surface area contributed by atoms with Gasteiger partial charge in [0.15, 0.2) is 0 Å². The molecule has 0 radical (unpaired) electrons. The van der Waals surface area contributed by atoms with Crippen LogP contribution in [0.5, 0.6) is 0 Å². The third-order valence-electron chi connectivity index (χ3n) is 3.49. The van der Waals surface area contributed by atoms with Crippen LogP contribution in [0.2, 0.25) is 5.02 Å². The lowest BCUT2D eigenvalue weighted by Crippen LogP contribution is -2.36. The molecular formula is C14H17ClN2O3. The number of benzene rings is 1. The molecule has 0 saturated heterocycles. The van der Waals surface area contributed by atoms with Crippen molar-refractivity contribution < 1.29 is 14.7 Å². The predicted octanol–water partition coefficient (Wildman–Crippen LogP) is 3.02. The van der Waals surface area contributed by atoms with Crippen molar-refractivity contribution in [3.05, 3.63) is 28.8 Å². The molecule has 1 saturated carbocycles. The first-order valence-electron chi connectivity index (χ1n) is 6.52. The summed E-state index contributed by atoms with van der Waals surface area (Å²) in [7, 11) is 0. The summed E-state index contributed by atoms with van der Waals surface area (Å²) in [6.45, 7) is 1.92. The number of amides is 2. The van der Waals surface area contributed by atoms with Gasteiger partial charge in [0.2, 0.25) is 0 Å². The van der Waals surface area contributed by atoms with Gasteiger partial charge in [-0.15, -0.1) is 0 Å². The molecule has 0 spiro atoms. The number of anilines is 1. The summed E-state index contributed by atoms with van der Waals surface area (Å²) in [5.74, 6) is -1.15. The lowest BCUT2D eigenvalue weighted by Gasteiger charge is -2.14. The zero-order chi connectivity index (χ0) is 14.7. The fourth-order valence-electron chi connectivity index (χ4n) is 2.40. The molecule has 0 aromatic heterocycles. The molecule has 2 rings (SSSR count). The molecule has 1 aliphatic carbocycles. The Hall–Kier alpha value is -1.75. The second-order valence-corrected chi connectivity index (χ2v) is 5.53. The van der Waals surface area contributed by atoms with Gasteiger partial charge in [0.1, 0.15) is 0 Å². The minimum atomic E-state index is -0.795. The number of hydrogen-bond acceptors (Lipinski definition) is 2. The third kappa shape index (κ3) is 3.63. The molecule has 1 fully saturated rings. The lowest BCUT2D eigenvalue weighted by molar-refractivity contribution is -0.141. The van der Waals surface area contributed by atoms with Crippen LogP contribution in [0.4, 0.5) is 10.5 Å². The number of nitrogens with one attached hydrogen (secondary N) is 2. The second kappa shape index (κ2) is 6.13. The average molecular weight is 297 g/mol. The van der Waals surface area contributed by atoms with Crippen LogP contribution in [0.1, 0.15) is 24.8 Å². The number of carboxylic acids is 1. The number of aliphatic carboxylic acids is 1. The van der Waals surface area contributed by atoms with E-state index in [9.17, 15) is 9.59 Å². The van der Waals surface area contributed by atoms with Gasteiger partial charge in [-0.05, 0) is 43.9 Å². The van der Waals surface area contributed by atoms with Crippen molar-refractivity contribution in [2.45, 2.75) is 32.2 Å². The molecule has 1 aliphatic rings. The van der Waals surface area contributed by atoms with Crippen molar-refractivity contribution in [3.63, 3.8) is 0 Å². The van der Waals surface area contributed by atoms with Crippen molar-refractivity contribution in [2.75, 3.05) is 5.32 Å². The van der Waals surface area contributed by atoms with Crippen molar-refractivity contribution in [1.29, 1.82) is 0 Å². The van der Waals surface area contributed by atoms with Gasteiger partial charge in [-0.25, -0.2) is 4.79 Å². The van der Waals surface area contributed by atoms with Gasteiger partial charge in [0, 0.05) is 6.04 Å². The minimum absolute atomic E-state index is 0.0969. The Morgan fingerprint density at radius 1 is 1.35 bits per heavy atom. The number of hydrogen-bond donors (Lipinski definition) is 3. The van der Waals surface area contributed by atoms with Crippen molar-refractivity contribution in [2.24, 2.45) is 5.92 Å². The molecule has 1 aromatic carbocycles. The highest BCUT2D eigenvalue weighted by atomic mass is 35.5. The quantitative estimate of drug-likeness (QED) is 0.802. The van der Waals surface area contributed by atoms with E-state index in [0.717, 1.165) is 5.56 Å². The lowest BCUT2D eigenvalue weighted by atomic mass is 10.1. The summed E-state index contributed by atoms with van der Waals surface area (Å²) in [5.41, 5.74) is 1.56. The molecule has 2 amide bonds. The molecule has 5 nitrogen and oxygen atoms in total. The summed E-state index contributed by atoms with van der Waals surface area (Å²) < 4.78 is 0. The van der Waals surface area contributed by atoms with Gasteiger partial charge in [-0.3, -0.25) is 4.79 Å². The van der Waals surface area contributed by atoms with E-state index in [0.29, 0.717) is 30.0 Å². The Morgan fingerprint density at radius 2 is 2.10 bits per heavy atom. The van der Waals surface area contributed by atoms with Gasteiger partial charge in [0.05, 0.1) is 16.6 Å². The number of halogens is 1. The number of urea groups is 1. The number of rotatable bonds is 3. The van der Waals surface area contributed by atoms with E-state index in [-0.39, 0.29) is 18.0 Å². The highest BCUT2D eigenvalue weighted by molar-refractivity contribution is 6.33. The minimum Gasteiger partial charge on any atom is -0.481 e. The van der Waals surface area contributed by atoms with Crippen molar-refractivity contribution >= 4 is 29.3 Å². The van der Waals surface area contributed by atoms with E-state index in [1.807, 2.05) is 13.0 Å². The first-order valence-corrected chi connectivity index (χ1v) is 6.90. The summed E-state index contributed by atoms with van der Waals surface area (Å²) in [6, 6.07) is 4.92. The van der Waals surface area contributed by atoms with Crippen molar-refractivity contribution in [1.82, 2.24) is 5.32 Å². The molecule has 0 aliphatic heterocycles. The maximum atomic E-state index is 11.9. The predicted molar refractivity (Wildman–Crippen MR) is 77.1 cm³/mol. The number of carbonyl (C=O) groups excluding carboxylic acids is 1. The Kier molecular flexibility index (Phi) is 4.49. The Labute approximate surface area is 122 Å². The van der Waals surface area contributed by atoms with Crippen LogP contribution in [0.25, 0.3) is 0 Å². The van der Waals surface area contributed by atoms with Gasteiger partial charge in [-0.2, -0.15) is 0 Å². The van der Waals surface area contributed by atoms with E-state index in [4.69, 9.17) is 16.7 Å². The van der Waals surface area contributed by atoms with Gasteiger partial charge in [0.25, 0.3) is 0 Å². The fraction of sp³-hybridized carbons (Fsp3) is 0.429. The maximum Gasteiger partial charge on any atom is 0.319 e. The topological polar surface area (TPSA) is 78.4 Å². The van der Waals surface area contributed by atoms with E-state index >= 15 is 0 Å². The van der Waals surface area contributed by atoms with E-state index in [1.54, 1.807) is 12.1 Å². The average Bonchev–Trinajstić information content (AvgIpc) is 2.81. The summed E-state index contributed by atoms with van der Waals surface area (Å²) in [6.07, 6.45) is 1.77. The highest BCUT2D eigenvalue weighted by Crippen LogP contribution is 2.26. The molecule has 2 atom stereocenters. The monoisotopic (exact) mass is 296 g/mol. The smallest absolute Gasteiger partial charge is 0.319 e. The molecule has 0 heterocycles. The highest BCUT2D eigenvalue weighted by Gasteiger charge is 2.30. The first kappa shape index (κ1) is 14.7. The molecule has 0 unspecified atom stereocenters. The van der Waals surface area contributed by atoms with Crippen LogP contribution >= 0.6 is 11.6 Å². The van der Waals surface area contributed by atoms with E-state index in [2.05, 4.69) is 10.6 Å². The first-order chi connectivity index (χ1) is 9.45. The van der Waals surface area contributed by atoms with Crippen LogP contribution in [0.15, 0.2) is 18.2 Å². The Bertz CT molecular complexity index is 533. The van der Waals surface area contributed by atoms with Gasteiger partial charge in [-0.1, -0.05) is 17.7 Å². The van der Waals surface area contributed by atoms with E-state index in [1.165, 1.54) is 0 Å². The molecule has 1 aromatic rings. The van der Waals surface area contributed by atoms with Crippen molar-refractivity contribution in [3.8, 4) is 0 Å². The summed E-state index contributed by atoms with van der Waals surface area (Å²) >= 11 is 6.03. The molecule has 3 N–H and O–H groups in total. The normalized spacial score (nSPS) is 21.5. The third-order valence-corrected chi connectivity index (χ3v) is 3.80. The summed E-state index contributed by atoms with van der Waals surface area (Å²) in [5, 5.41) is 14.9. The maximum absolute atomic E-state index is 11.9. The van der Waals surface area contributed by atoms with Gasteiger partial charge < -0.3 is 15.7 Å². The molecule has 108 valence electrons. The largest absolute Gasteiger partial charge is 0.481 e. The van der Waals surface area contributed by atoms with Crippen LogP contribution in [-0.4, -0.2) is 23.1 Å². The SMILES string of the molecule is Cc1ccc(NC(=O)N[C@H]2CC[C@@H](C(=O)O)C2)c(Cl)c1. The molecule has 0 bridgehead atoms. The second-order valence-electron chi connectivity index (χ2n) is 5.13. The zero-order valence-electron chi connectivity index (χ0n) is 11.1. The zero-order valence-corrected chi connectivity index (χ0v) is 11.9. The van der Waals surface area contributed by atoms with Crippen LogP contribution in [0.3, 0.4) is 0 Å². The molecule has 6 heteroatoms. The summed E-state index contributed by atoms with van der Waals surface area (Å²) in [4.78, 5) is 22.7. The molecular weight excluding hydrogens is 280 g/mol. The standard InChI is InChI=1S/C14H17ClN2O3/c1-8-2-5-12(11(15)6-8)17-14(20)16-10-4-3-9(7-10)13(18)19/h2,5-6,9-10H,3-4,7H2,1H3,(H,18,19)(H2,16,17,20)/t9-,10+/m1/s1. The van der Waals surface area contributed by atoms with E-state index < -0.39 is 5.97 Å².